The van der Waals surface area contributed by atoms with Crippen LogP contribution in [0.15, 0.2) is 77.7 Å². The first-order chi connectivity index (χ1) is 18.4. The number of rotatable bonds is 11. The number of hydrogen-bond acceptors (Lipinski definition) is 4. The van der Waals surface area contributed by atoms with Crippen LogP contribution in [0.2, 0.25) is 0 Å². The van der Waals surface area contributed by atoms with E-state index in [1.807, 2.05) is 71.0 Å². The fraction of sp³-hybridized carbons (Fsp3) is 0.355. The van der Waals surface area contributed by atoms with E-state index >= 15 is 0 Å². The van der Waals surface area contributed by atoms with Gasteiger partial charge >= 0.3 is 0 Å². The third-order valence-electron chi connectivity index (χ3n) is 6.43. The van der Waals surface area contributed by atoms with E-state index in [0.717, 1.165) is 26.6 Å². The first-order valence-corrected chi connectivity index (χ1v) is 14.6. The van der Waals surface area contributed by atoms with Crippen LogP contribution in [0.1, 0.15) is 43.0 Å². The second-order valence-corrected chi connectivity index (χ2v) is 12.4. The second-order valence-electron chi connectivity index (χ2n) is 10.5. The molecule has 0 aromatic heterocycles. The van der Waals surface area contributed by atoms with Gasteiger partial charge in [-0.1, -0.05) is 67.9 Å². The molecule has 0 aliphatic rings. The number of nitrogens with one attached hydrogen (secondary N) is 1. The first-order valence-electron chi connectivity index (χ1n) is 13.2. The number of benzene rings is 3. The molecule has 0 aliphatic heterocycles. The summed E-state index contributed by atoms with van der Waals surface area (Å²) in [4.78, 5) is 28.5. The van der Waals surface area contributed by atoms with Crippen LogP contribution in [-0.2, 0) is 26.2 Å². The van der Waals surface area contributed by atoms with E-state index < -0.39 is 28.5 Å². The molecule has 208 valence electrons. The Morgan fingerprint density at radius 2 is 1.41 bits per heavy atom. The Morgan fingerprint density at radius 1 is 0.821 bits per heavy atom. The van der Waals surface area contributed by atoms with Gasteiger partial charge in [-0.3, -0.25) is 13.9 Å². The average molecular weight is 550 g/mol. The number of aryl methyl sites for hydroxylation is 3. The van der Waals surface area contributed by atoms with Gasteiger partial charge in [-0.05, 0) is 74.6 Å². The number of carbonyl (C=O) groups is 2. The Balaban J connectivity index is 2.03. The molecule has 1 N–H and O–H groups in total. The Morgan fingerprint density at radius 3 is 1.97 bits per heavy atom. The highest BCUT2D eigenvalue weighted by Gasteiger charge is 2.32. The fourth-order valence-corrected chi connectivity index (χ4v) is 5.67. The van der Waals surface area contributed by atoms with Gasteiger partial charge in [-0.15, -0.1) is 0 Å². The van der Waals surface area contributed by atoms with Crippen LogP contribution in [0.25, 0.3) is 0 Å². The average Bonchev–Trinajstić information content (AvgIpc) is 2.88. The van der Waals surface area contributed by atoms with E-state index in [2.05, 4.69) is 5.32 Å². The molecule has 2 amide bonds. The molecule has 1 atom stereocenters. The summed E-state index contributed by atoms with van der Waals surface area (Å²) >= 11 is 0. The van der Waals surface area contributed by atoms with Crippen molar-refractivity contribution in [2.45, 2.75) is 59.0 Å². The Labute approximate surface area is 232 Å². The lowest BCUT2D eigenvalue weighted by Gasteiger charge is -2.32. The highest BCUT2D eigenvalue weighted by molar-refractivity contribution is 7.92. The molecular formula is C31H39N3O4S. The number of amides is 2. The molecule has 0 saturated heterocycles. The van der Waals surface area contributed by atoms with Crippen LogP contribution in [0.3, 0.4) is 0 Å². The summed E-state index contributed by atoms with van der Waals surface area (Å²) in [5.74, 6) is -0.507. The maximum Gasteiger partial charge on any atom is 0.264 e. The molecule has 3 aromatic rings. The Bertz CT molecular complexity index is 1370. The molecule has 0 bridgehead atoms. The third-order valence-corrected chi connectivity index (χ3v) is 8.22. The summed E-state index contributed by atoms with van der Waals surface area (Å²) in [6.07, 6.45) is 0. The molecular weight excluding hydrogens is 510 g/mol. The van der Waals surface area contributed by atoms with Crippen molar-refractivity contribution in [2.75, 3.05) is 17.4 Å². The largest absolute Gasteiger partial charge is 0.354 e. The first kappa shape index (κ1) is 29.9. The molecule has 3 aromatic carbocycles. The van der Waals surface area contributed by atoms with Crippen LogP contribution < -0.4 is 9.62 Å². The van der Waals surface area contributed by atoms with Crippen LogP contribution in [0.5, 0.6) is 0 Å². The predicted molar refractivity (Wildman–Crippen MR) is 156 cm³/mol. The smallest absolute Gasteiger partial charge is 0.264 e. The van der Waals surface area contributed by atoms with Crippen LogP contribution >= 0.6 is 0 Å². The highest BCUT2D eigenvalue weighted by atomic mass is 32.2. The monoisotopic (exact) mass is 549 g/mol. The summed E-state index contributed by atoms with van der Waals surface area (Å²) in [6, 6.07) is 20.6. The van der Waals surface area contributed by atoms with E-state index in [0.29, 0.717) is 12.2 Å². The van der Waals surface area contributed by atoms with E-state index in [4.69, 9.17) is 0 Å². The molecule has 3 rings (SSSR count). The van der Waals surface area contributed by atoms with Crippen molar-refractivity contribution in [1.29, 1.82) is 0 Å². The van der Waals surface area contributed by atoms with Crippen molar-refractivity contribution in [3.63, 3.8) is 0 Å². The van der Waals surface area contributed by atoms with Gasteiger partial charge in [0.25, 0.3) is 10.0 Å². The SMILES string of the molecule is Cc1ccc(S(=O)(=O)N(CC(=O)N(Cc2ccccc2)[C@H](C)C(=O)NCC(C)C)c2cc(C)cc(C)c2)cc1. The molecule has 8 heteroatoms. The summed E-state index contributed by atoms with van der Waals surface area (Å²) < 4.78 is 29.0. The minimum absolute atomic E-state index is 0.0948. The molecule has 0 fully saturated rings. The van der Waals surface area contributed by atoms with Crippen molar-refractivity contribution in [1.82, 2.24) is 10.2 Å². The maximum atomic E-state index is 14.0. The minimum atomic E-state index is -4.09. The predicted octanol–water partition coefficient (Wildman–Crippen LogP) is 5.00. The third kappa shape index (κ3) is 7.93. The fourth-order valence-electron chi connectivity index (χ4n) is 4.28. The van der Waals surface area contributed by atoms with Gasteiger partial charge in [0.05, 0.1) is 10.6 Å². The lowest BCUT2D eigenvalue weighted by Crippen LogP contribution is -2.51. The lowest BCUT2D eigenvalue weighted by molar-refractivity contribution is -0.139. The van der Waals surface area contributed by atoms with E-state index in [1.165, 1.54) is 4.90 Å². The zero-order valence-corrected chi connectivity index (χ0v) is 24.5. The maximum absolute atomic E-state index is 14.0. The zero-order chi connectivity index (χ0) is 28.7. The Kier molecular flexibility index (Phi) is 9.92. The van der Waals surface area contributed by atoms with Gasteiger partial charge < -0.3 is 10.2 Å². The van der Waals surface area contributed by atoms with Gasteiger partial charge in [-0.25, -0.2) is 8.42 Å². The summed E-state index contributed by atoms with van der Waals surface area (Å²) in [6.45, 7) is 11.5. The number of carbonyl (C=O) groups excluding carboxylic acids is 2. The van der Waals surface area contributed by atoms with E-state index in [9.17, 15) is 18.0 Å². The summed E-state index contributed by atoms with van der Waals surface area (Å²) in [5.41, 5.74) is 3.93. The molecule has 0 saturated carbocycles. The molecule has 0 heterocycles. The minimum Gasteiger partial charge on any atom is -0.354 e. The summed E-state index contributed by atoms with van der Waals surface area (Å²) in [5, 5.41) is 2.90. The van der Waals surface area contributed by atoms with Crippen LogP contribution in [-0.4, -0.2) is 44.3 Å². The Hall–Kier alpha value is -3.65. The van der Waals surface area contributed by atoms with Crippen molar-refractivity contribution >= 4 is 27.5 Å². The lowest BCUT2D eigenvalue weighted by atomic mass is 10.1. The quantitative estimate of drug-likeness (QED) is 0.365. The molecule has 0 spiro atoms. The molecule has 0 unspecified atom stereocenters. The zero-order valence-electron chi connectivity index (χ0n) is 23.6. The van der Waals surface area contributed by atoms with Gasteiger partial charge in [0.15, 0.2) is 0 Å². The van der Waals surface area contributed by atoms with E-state index in [-0.39, 0.29) is 23.3 Å². The molecule has 0 radical (unpaired) electrons. The van der Waals surface area contributed by atoms with Crippen molar-refractivity contribution in [3.8, 4) is 0 Å². The summed E-state index contributed by atoms with van der Waals surface area (Å²) in [7, 11) is -4.09. The number of sulfonamides is 1. The van der Waals surface area contributed by atoms with Gasteiger partial charge in [0.2, 0.25) is 11.8 Å². The van der Waals surface area contributed by atoms with E-state index in [1.54, 1.807) is 43.3 Å². The van der Waals surface area contributed by atoms with Gasteiger partial charge in [0, 0.05) is 13.1 Å². The molecule has 0 aliphatic carbocycles. The number of nitrogens with zero attached hydrogens (tertiary/aromatic N) is 2. The second kappa shape index (κ2) is 12.9. The number of anilines is 1. The molecule has 7 nitrogen and oxygen atoms in total. The normalized spacial score (nSPS) is 12.2. The van der Waals surface area contributed by atoms with Crippen molar-refractivity contribution < 1.29 is 18.0 Å². The van der Waals surface area contributed by atoms with Crippen molar-refractivity contribution in [3.05, 3.63) is 95.1 Å². The molecule has 39 heavy (non-hydrogen) atoms. The standard InChI is InChI=1S/C31H39N3O4S/c1-22(2)19-32-31(36)26(6)33(20-27-10-8-7-9-11-27)30(35)21-34(28-17-24(4)16-25(5)18-28)39(37,38)29-14-12-23(3)13-15-29/h7-18,22,26H,19-21H2,1-6H3,(H,32,36)/t26-/m1/s1. The van der Waals surface area contributed by atoms with Crippen LogP contribution in [0, 0.1) is 26.7 Å². The highest BCUT2D eigenvalue weighted by Crippen LogP contribution is 2.27. The van der Waals surface area contributed by atoms with Gasteiger partial charge in [-0.2, -0.15) is 0 Å². The topological polar surface area (TPSA) is 86.8 Å². The number of hydrogen-bond donors (Lipinski definition) is 1. The van der Waals surface area contributed by atoms with Crippen LogP contribution in [0.4, 0.5) is 5.69 Å². The van der Waals surface area contributed by atoms with Gasteiger partial charge in [0.1, 0.15) is 12.6 Å². The van der Waals surface area contributed by atoms with Crippen molar-refractivity contribution in [2.24, 2.45) is 5.92 Å².